The molecular weight excluding hydrogens is 198 g/mol. The van der Waals surface area contributed by atoms with Crippen LogP contribution in [0.4, 0.5) is 0 Å². The molecule has 0 bridgehead atoms. The standard InChI is InChI=1S/C13H15N3/c14-13(6-7-13)12(4-5-12)10-9-15-11-3-1-2-8-16(10)11/h1-3,8-9H,4-7,14H2. The van der Waals surface area contributed by atoms with Crippen molar-refractivity contribution < 1.29 is 0 Å². The molecule has 0 unspecified atom stereocenters. The predicted octanol–water partition coefficient (Wildman–Crippen LogP) is 1.86. The number of nitrogens with zero attached hydrogens (tertiary/aromatic N) is 2. The zero-order valence-corrected chi connectivity index (χ0v) is 9.19. The number of rotatable bonds is 2. The predicted molar refractivity (Wildman–Crippen MR) is 62.3 cm³/mol. The summed E-state index contributed by atoms with van der Waals surface area (Å²) in [6.45, 7) is 0. The van der Waals surface area contributed by atoms with Gasteiger partial charge in [0.2, 0.25) is 0 Å². The molecule has 0 amide bonds. The number of aromatic nitrogens is 2. The molecule has 82 valence electrons. The molecule has 2 N–H and O–H groups in total. The maximum atomic E-state index is 6.43. The number of imidazole rings is 1. The molecule has 0 saturated heterocycles. The largest absolute Gasteiger partial charge is 0.324 e. The second-order valence-corrected chi connectivity index (χ2v) is 5.31. The maximum Gasteiger partial charge on any atom is 0.136 e. The first-order valence-corrected chi connectivity index (χ1v) is 5.97. The molecule has 0 radical (unpaired) electrons. The summed E-state index contributed by atoms with van der Waals surface area (Å²) >= 11 is 0. The lowest BCUT2D eigenvalue weighted by molar-refractivity contribution is 0.488. The summed E-state index contributed by atoms with van der Waals surface area (Å²) in [5.41, 5.74) is 9.08. The molecule has 2 saturated carbocycles. The molecule has 0 atom stereocenters. The van der Waals surface area contributed by atoms with Crippen molar-refractivity contribution in [3.05, 3.63) is 36.3 Å². The Bertz CT molecular complexity index is 561. The quantitative estimate of drug-likeness (QED) is 0.827. The van der Waals surface area contributed by atoms with Crippen molar-refractivity contribution in [3.8, 4) is 0 Å². The number of pyridine rings is 1. The van der Waals surface area contributed by atoms with Crippen LogP contribution in [-0.4, -0.2) is 14.9 Å². The Balaban J connectivity index is 1.94. The highest BCUT2D eigenvalue weighted by molar-refractivity contribution is 5.46. The van der Waals surface area contributed by atoms with Crippen LogP contribution in [0.5, 0.6) is 0 Å². The second-order valence-electron chi connectivity index (χ2n) is 5.31. The summed E-state index contributed by atoms with van der Waals surface area (Å²) < 4.78 is 2.21. The van der Waals surface area contributed by atoms with Gasteiger partial charge >= 0.3 is 0 Å². The molecule has 2 aromatic heterocycles. The fourth-order valence-electron chi connectivity index (χ4n) is 3.03. The highest BCUT2D eigenvalue weighted by Gasteiger charge is 2.65. The van der Waals surface area contributed by atoms with E-state index in [1.165, 1.54) is 31.4 Å². The third-order valence-electron chi connectivity index (χ3n) is 4.40. The van der Waals surface area contributed by atoms with E-state index < -0.39 is 0 Å². The fourth-order valence-corrected chi connectivity index (χ4v) is 3.03. The Morgan fingerprint density at radius 3 is 2.69 bits per heavy atom. The average molecular weight is 213 g/mol. The van der Waals surface area contributed by atoms with Gasteiger partial charge in [-0.1, -0.05) is 6.07 Å². The molecule has 2 fully saturated rings. The minimum Gasteiger partial charge on any atom is -0.324 e. The minimum atomic E-state index is 0.0683. The number of nitrogens with two attached hydrogens (primary N) is 1. The topological polar surface area (TPSA) is 43.3 Å². The van der Waals surface area contributed by atoms with Crippen LogP contribution in [0.2, 0.25) is 0 Å². The molecule has 0 aromatic carbocycles. The number of hydrogen-bond donors (Lipinski definition) is 1. The lowest BCUT2D eigenvalue weighted by Crippen LogP contribution is -2.38. The van der Waals surface area contributed by atoms with Crippen molar-refractivity contribution in [3.63, 3.8) is 0 Å². The van der Waals surface area contributed by atoms with E-state index >= 15 is 0 Å². The van der Waals surface area contributed by atoms with E-state index in [-0.39, 0.29) is 11.0 Å². The van der Waals surface area contributed by atoms with E-state index in [1.54, 1.807) is 0 Å². The highest BCUT2D eigenvalue weighted by Crippen LogP contribution is 2.63. The molecule has 0 aliphatic heterocycles. The van der Waals surface area contributed by atoms with Gasteiger partial charge in [0.1, 0.15) is 5.65 Å². The zero-order chi connectivity index (χ0) is 10.8. The van der Waals surface area contributed by atoms with E-state index in [0.29, 0.717) is 0 Å². The zero-order valence-electron chi connectivity index (χ0n) is 9.19. The molecule has 2 aromatic rings. The maximum absolute atomic E-state index is 6.43. The normalized spacial score (nSPS) is 24.6. The minimum absolute atomic E-state index is 0.0683. The molecule has 3 nitrogen and oxygen atoms in total. The lowest BCUT2D eigenvalue weighted by Gasteiger charge is -2.22. The molecule has 0 spiro atoms. The third-order valence-corrected chi connectivity index (χ3v) is 4.40. The molecule has 16 heavy (non-hydrogen) atoms. The summed E-state index contributed by atoms with van der Waals surface area (Å²) in [5.74, 6) is 0. The van der Waals surface area contributed by atoms with Gasteiger partial charge < -0.3 is 10.1 Å². The van der Waals surface area contributed by atoms with Crippen LogP contribution in [0.1, 0.15) is 31.4 Å². The van der Waals surface area contributed by atoms with Crippen molar-refractivity contribution in [2.24, 2.45) is 5.73 Å². The van der Waals surface area contributed by atoms with Gasteiger partial charge in [0.15, 0.2) is 0 Å². The summed E-state index contributed by atoms with van der Waals surface area (Å²) in [5, 5.41) is 0. The Labute approximate surface area is 94.3 Å². The number of fused-ring (bicyclic) bond motifs is 1. The van der Waals surface area contributed by atoms with Crippen molar-refractivity contribution in [2.75, 3.05) is 0 Å². The molecule has 2 aliphatic carbocycles. The SMILES string of the molecule is NC1(C2(c3cnc4ccccn34)CC2)CC1. The van der Waals surface area contributed by atoms with Crippen molar-refractivity contribution in [1.29, 1.82) is 0 Å². The Kier molecular flexibility index (Phi) is 1.36. The third kappa shape index (κ3) is 0.901. The molecule has 2 heterocycles. The van der Waals surface area contributed by atoms with Gasteiger partial charge in [0.05, 0.1) is 5.69 Å². The fraction of sp³-hybridized carbons (Fsp3) is 0.462. The van der Waals surface area contributed by atoms with Crippen LogP contribution >= 0.6 is 0 Å². The van der Waals surface area contributed by atoms with E-state index in [9.17, 15) is 0 Å². The van der Waals surface area contributed by atoms with Gasteiger partial charge in [-0.3, -0.25) is 0 Å². The summed E-state index contributed by atoms with van der Waals surface area (Å²) in [4.78, 5) is 4.47. The van der Waals surface area contributed by atoms with Gasteiger partial charge in [-0.05, 0) is 37.8 Å². The Morgan fingerprint density at radius 1 is 1.19 bits per heavy atom. The molecule has 2 aliphatic rings. The van der Waals surface area contributed by atoms with E-state index in [1.807, 2.05) is 12.3 Å². The van der Waals surface area contributed by atoms with Gasteiger partial charge in [-0.2, -0.15) is 0 Å². The van der Waals surface area contributed by atoms with Crippen LogP contribution in [0, 0.1) is 0 Å². The van der Waals surface area contributed by atoms with Crippen LogP contribution < -0.4 is 5.73 Å². The molecular formula is C13H15N3. The second kappa shape index (κ2) is 2.48. The first-order valence-electron chi connectivity index (χ1n) is 5.97. The van der Waals surface area contributed by atoms with Gasteiger partial charge in [-0.15, -0.1) is 0 Å². The van der Waals surface area contributed by atoms with Crippen molar-refractivity contribution in [2.45, 2.75) is 36.6 Å². The van der Waals surface area contributed by atoms with E-state index in [4.69, 9.17) is 5.73 Å². The molecule has 3 heteroatoms. The highest BCUT2D eigenvalue weighted by atomic mass is 15.0. The summed E-state index contributed by atoms with van der Waals surface area (Å²) in [6, 6.07) is 6.14. The Morgan fingerprint density at radius 2 is 2.00 bits per heavy atom. The van der Waals surface area contributed by atoms with E-state index in [0.717, 1.165) is 5.65 Å². The first kappa shape index (κ1) is 8.76. The summed E-state index contributed by atoms with van der Waals surface area (Å²) in [6.07, 6.45) is 8.93. The van der Waals surface area contributed by atoms with Crippen LogP contribution in [0.15, 0.2) is 30.6 Å². The van der Waals surface area contributed by atoms with Crippen LogP contribution in [0.3, 0.4) is 0 Å². The lowest BCUT2D eigenvalue weighted by atomic mass is 9.91. The van der Waals surface area contributed by atoms with Crippen LogP contribution in [0.25, 0.3) is 5.65 Å². The van der Waals surface area contributed by atoms with Gasteiger partial charge in [-0.25, -0.2) is 4.98 Å². The average Bonchev–Trinajstić information content (AvgIpc) is 3.20. The van der Waals surface area contributed by atoms with E-state index in [2.05, 4.69) is 27.7 Å². The monoisotopic (exact) mass is 213 g/mol. The van der Waals surface area contributed by atoms with Crippen molar-refractivity contribution in [1.82, 2.24) is 9.38 Å². The smallest absolute Gasteiger partial charge is 0.136 e. The first-order chi connectivity index (χ1) is 7.75. The summed E-state index contributed by atoms with van der Waals surface area (Å²) in [7, 11) is 0. The Hall–Kier alpha value is -1.35. The number of hydrogen-bond acceptors (Lipinski definition) is 2. The van der Waals surface area contributed by atoms with Crippen molar-refractivity contribution >= 4 is 5.65 Å². The molecule has 4 rings (SSSR count). The van der Waals surface area contributed by atoms with Gasteiger partial charge in [0, 0.05) is 23.3 Å². The van der Waals surface area contributed by atoms with Crippen LogP contribution in [-0.2, 0) is 5.41 Å². The van der Waals surface area contributed by atoms with Gasteiger partial charge in [0.25, 0.3) is 0 Å².